The number of phenolic OH excluding ortho intramolecular Hbond substituents is 1. The van der Waals surface area contributed by atoms with Crippen LogP contribution in [-0.4, -0.2) is 29.3 Å². The van der Waals surface area contributed by atoms with Crippen LogP contribution in [0.25, 0.3) is 10.9 Å². The average Bonchev–Trinajstić information content (AvgIpc) is 2.62. The van der Waals surface area contributed by atoms with E-state index in [1.807, 2.05) is 30.3 Å². The number of nitrogens with zero attached hydrogens (tertiary/aromatic N) is 2. The van der Waals surface area contributed by atoms with E-state index in [2.05, 4.69) is 15.5 Å². The summed E-state index contributed by atoms with van der Waals surface area (Å²) >= 11 is 0. The van der Waals surface area contributed by atoms with Crippen LogP contribution in [0.3, 0.4) is 0 Å². The topological polar surface area (TPSA) is 83.8 Å². The van der Waals surface area contributed by atoms with Crippen LogP contribution < -0.4 is 10.2 Å². The lowest BCUT2D eigenvalue weighted by molar-refractivity contribution is 0.0950. The number of hydrogen-bond acceptors (Lipinski definition) is 5. The van der Waals surface area contributed by atoms with Crippen molar-refractivity contribution in [2.75, 3.05) is 7.11 Å². The van der Waals surface area contributed by atoms with E-state index in [4.69, 9.17) is 4.74 Å². The van der Waals surface area contributed by atoms with Gasteiger partial charge in [-0.25, -0.2) is 10.4 Å². The molecular formula is C18H15N3O3. The zero-order valence-corrected chi connectivity index (χ0v) is 12.9. The van der Waals surface area contributed by atoms with Crippen molar-refractivity contribution in [1.82, 2.24) is 10.4 Å². The molecule has 3 rings (SSSR count). The first-order valence-electron chi connectivity index (χ1n) is 7.23. The minimum Gasteiger partial charge on any atom is -0.504 e. The Bertz CT molecular complexity index is 922. The Morgan fingerprint density at radius 1 is 1.21 bits per heavy atom. The Morgan fingerprint density at radius 3 is 2.88 bits per heavy atom. The molecule has 0 saturated carbocycles. The summed E-state index contributed by atoms with van der Waals surface area (Å²) in [6.07, 6.45) is 1.46. The van der Waals surface area contributed by atoms with Crippen LogP contribution in [0.5, 0.6) is 11.5 Å². The molecule has 0 bridgehead atoms. The van der Waals surface area contributed by atoms with Crippen LogP contribution in [0, 0.1) is 0 Å². The van der Waals surface area contributed by atoms with Crippen LogP contribution in [0.2, 0.25) is 0 Å². The quantitative estimate of drug-likeness (QED) is 0.571. The van der Waals surface area contributed by atoms with Crippen molar-refractivity contribution in [2.24, 2.45) is 5.10 Å². The number of hydrogen-bond donors (Lipinski definition) is 2. The third-order valence-electron chi connectivity index (χ3n) is 3.41. The maximum absolute atomic E-state index is 12.1. The number of fused-ring (bicyclic) bond motifs is 1. The fourth-order valence-electron chi connectivity index (χ4n) is 2.19. The lowest BCUT2D eigenvalue weighted by Gasteiger charge is -2.04. The molecule has 2 aromatic carbocycles. The van der Waals surface area contributed by atoms with Crippen LogP contribution in [0.1, 0.15) is 16.1 Å². The molecule has 6 nitrogen and oxygen atoms in total. The highest BCUT2D eigenvalue weighted by molar-refractivity contribution is 5.95. The number of para-hydroxylation sites is 1. The maximum Gasteiger partial charge on any atom is 0.289 e. The van der Waals surface area contributed by atoms with E-state index in [1.54, 1.807) is 18.2 Å². The molecule has 3 aromatic rings. The van der Waals surface area contributed by atoms with Gasteiger partial charge in [-0.15, -0.1) is 0 Å². The van der Waals surface area contributed by atoms with Crippen molar-refractivity contribution in [1.29, 1.82) is 0 Å². The van der Waals surface area contributed by atoms with Gasteiger partial charge < -0.3 is 9.84 Å². The van der Waals surface area contributed by atoms with Gasteiger partial charge in [-0.2, -0.15) is 5.10 Å². The van der Waals surface area contributed by atoms with Gasteiger partial charge in [0.15, 0.2) is 11.5 Å². The average molecular weight is 321 g/mol. The second-order valence-corrected chi connectivity index (χ2v) is 5.02. The highest BCUT2D eigenvalue weighted by atomic mass is 16.5. The number of hydrazone groups is 1. The Balaban J connectivity index is 1.72. The van der Waals surface area contributed by atoms with E-state index in [1.165, 1.54) is 19.4 Å². The Morgan fingerprint density at radius 2 is 2.04 bits per heavy atom. The number of amides is 1. The molecule has 120 valence electrons. The lowest BCUT2D eigenvalue weighted by Crippen LogP contribution is -2.18. The molecule has 0 aliphatic heterocycles. The maximum atomic E-state index is 12.1. The fraction of sp³-hybridized carbons (Fsp3) is 0.0556. The van der Waals surface area contributed by atoms with E-state index in [0.717, 1.165) is 10.9 Å². The lowest BCUT2D eigenvalue weighted by atomic mass is 10.2. The molecular weight excluding hydrogens is 306 g/mol. The SMILES string of the molecule is COc1cc(/C=N/NC(=O)c2ccc3ccccc3n2)ccc1O. The second kappa shape index (κ2) is 6.78. The summed E-state index contributed by atoms with van der Waals surface area (Å²) in [4.78, 5) is 16.4. The number of rotatable bonds is 4. The number of aromatic hydroxyl groups is 1. The van der Waals surface area contributed by atoms with Gasteiger partial charge >= 0.3 is 0 Å². The van der Waals surface area contributed by atoms with Gasteiger partial charge in [0.25, 0.3) is 5.91 Å². The molecule has 0 aliphatic carbocycles. The second-order valence-electron chi connectivity index (χ2n) is 5.02. The number of carbonyl (C=O) groups is 1. The van der Waals surface area contributed by atoms with E-state index in [-0.39, 0.29) is 11.4 Å². The predicted molar refractivity (Wildman–Crippen MR) is 91.5 cm³/mol. The zero-order valence-electron chi connectivity index (χ0n) is 12.9. The smallest absolute Gasteiger partial charge is 0.289 e. The number of methoxy groups -OCH3 is 1. The third-order valence-corrected chi connectivity index (χ3v) is 3.41. The minimum atomic E-state index is -0.400. The first-order valence-corrected chi connectivity index (χ1v) is 7.23. The molecule has 0 radical (unpaired) electrons. The number of ether oxygens (including phenoxy) is 1. The van der Waals surface area contributed by atoms with Gasteiger partial charge in [-0.05, 0) is 35.9 Å². The molecule has 2 N–H and O–H groups in total. The molecule has 24 heavy (non-hydrogen) atoms. The summed E-state index contributed by atoms with van der Waals surface area (Å²) in [7, 11) is 1.46. The van der Waals surface area contributed by atoms with Gasteiger partial charge in [0.2, 0.25) is 0 Å². The summed E-state index contributed by atoms with van der Waals surface area (Å²) in [6, 6.07) is 15.8. The number of pyridine rings is 1. The van der Waals surface area contributed by atoms with Crippen LogP contribution in [-0.2, 0) is 0 Å². The number of carbonyl (C=O) groups excluding carboxylic acids is 1. The highest BCUT2D eigenvalue weighted by Gasteiger charge is 2.07. The van der Waals surface area contributed by atoms with Crippen molar-refractivity contribution >= 4 is 23.0 Å². The first-order chi connectivity index (χ1) is 11.7. The van der Waals surface area contributed by atoms with Crippen LogP contribution in [0.15, 0.2) is 59.7 Å². The largest absolute Gasteiger partial charge is 0.504 e. The molecule has 6 heteroatoms. The molecule has 1 heterocycles. The van der Waals surface area contributed by atoms with E-state index in [9.17, 15) is 9.90 Å². The van der Waals surface area contributed by atoms with Crippen molar-refractivity contribution in [3.8, 4) is 11.5 Å². The number of benzene rings is 2. The van der Waals surface area contributed by atoms with Crippen molar-refractivity contribution < 1.29 is 14.6 Å². The molecule has 0 unspecified atom stereocenters. The zero-order chi connectivity index (χ0) is 16.9. The van der Waals surface area contributed by atoms with Gasteiger partial charge in [0.05, 0.1) is 18.8 Å². The summed E-state index contributed by atoms with van der Waals surface area (Å²) in [6.45, 7) is 0. The number of nitrogens with one attached hydrogen (secondary N) is 1. The van der Waals surface area contributed by atoms with E-state index in [0.29, 0.717) is 11.3 Å². The predicted octanol–water partition coefficient (Wildman–Crippen LogP) is 2.71. The fourth-order valence-corrected chi connectivity index (χ4v) is 2.19. The summed E-state index contributed by atoms with van der Waals surface area (Å²) in [5, 5.41) is 14.4. The minimum absolute atomic E-state index is 0.0408. The van der Waals surface area contributed by atoms with E-state index < -0.39 is 5.91 Å². The van der Waals surface area contributed by atoms with Crippen LogP contribution in [0.4, 0.5) is 0 Å². The summed E-state index contributed by atoms with van der Waals surface area (Å²) in [5.74, 6) is -0.0248. The van der Waals surface area contributed by atoms with Crippen molar-refractivity contribution in [2.45, 2.75) is 0 Å². The van der Waals surface area contributed by atoms with Gasteiger partial charge in [-0.3, -0.25) is 4.79 Å². The van der Waals surface area contributed by atoms with Gasteiger partial charge in [-0.1, -0.05) is 24.3 Å². The number of phenols is 1. The molecule has 0 fully saturated rings. The summed E-state index contributed by atoms with van der Waals surface area (Å²) < 4.78 is 5.01. The van der Waals surface area contributed by atoms with Crippen molar-refractivity contribution in [3.63, 3.8) is 0 Å². The molecule has 1 aromatic heterocycles. The van der Waals surface area contributed by atoms with Gasteiger partial charge in [0.1, 0.15) is 5.69 Å². The van der Waals surface area contributed by atoms with E-state index >= 15 is 0 Å². The molecule has 0 saturated heterocycles. The van der Waals surface area contributed by atoms with Crippen LogP contribution >= 0.6 is 0 Å². The Kier molecular flexibility index (Phi) is 4.38. The van der Waals surface area contributed by atoms with Crippen molar-refractivity contribution in [3.05, 3.63) is 65.9 Å². The normalized spacial score (nSPS) is 10.9. The standard InChI is InChI=1S/C18H15N3O3/c1-24-17-10-12(6-9-16(17)22)11-19-21-18(23)15-8-7-13-4-2-3-5-14(13)20-15/h2-11,22H,1H3,(H,21,23)/b19-11+. The monoisotopic (exact) mass is 321 g/mol. The third kappa shape index (κ3) is 3.33. The Labute approximate surface area is 138 Å². The summed E-state index contributed by atoms with van der Waals surface area (Å²) in [5.41, 5.74) is 4.14. The van der Waals surface area contributed by atoms with Gasteiger partial charge in [0, 0.05) is 5.39 Å². The Hall–Kier alpha value is -3.41. The molecule has 0 aliphatic rings. The number of aromatic nitrogens is 1. The first kappa shape index (κ1) is 15.5. The molecule has 1 amide bonds. The highest BCUT2D eigenvalue weighted by Crippen LogP contribution is 2.25. The molecule has 0 spiro atoms. The molecule has 0 atom stereocenters.